The number of nitrogens with zero attached hydrogens (tertiary/aromatic N) is 3. The Bertz CT molecular complexity index is 612. The summed E-state index contributed by atoms with van der Waals surface area (Å²) in [6.07, 6.45) is -4.23. The Morgan fingerprint density at radius 1 is 1.32 bits per heavy atom. The molecule has 1 unspecified atom stereocenters. The lowest BCUT2D eigenvalue weighted by molar-refractivity contribution is -0.147. The highest BCUT2D eigenvalue weighted by molar-refractivity contribution is 5.80. The molecule has 1 aromatic rings. The molecule has 0 spiro atoms. The molecule has 22 heavy (non-hydrogen) atoms. The van der Waals surface area contributed by atoms with Gasteiger partial charge in [-0.25, -0.2) is 9.97 Å². The number of likely N-dealkylation sites (tertiary alicyclic amines) is 1. The summed E-state index contributed by atoms with van der Waals surface area (Å²) < 4.78 is 39.5. The van der Waals surface area contributed by atoms with Crippen molar-refractivity contribution in [3.05, 3.63) is 22.8 Å². The van der Waals surface area contributed by atoms with Gasteiger partial charge < -0.3 is 10.0 Å². The van der Waals surface area contributed by atoms with E-state index in [4.69, 9.17) is 0 Å². The van der Waals surface area contributed by atoms with Crippen molar-refractivity contribution in [3.8, 4) is 0 Å². The Morgan fingerprint density at radius 3 is 2.59 bits per heavy atom. The largest absolute Gasteiger partial charge is 0.433 e. The number of amides is 1. The van der Waals surface area contributed by atoms with E-state index in [0.717, 1.165) is 0 Å². The van der Waals surface area contributed by atoms with Gasteiger partial charge in [-0.15, -0.1) is 0 Å². The topological polar surface area (TPSA) is 66.3 Å². The van der Waals surface area contributed by atoms with Gasteiger partial charge in [0.2, 0.25) is 5.91 Å². The molecule has 1 aliphatic carbocycles. The summed E-state index contributed by atoms with van der Waals surface area (Å²) >= 11 is 0. The van der Waals surface area contributed by atoms with E-state index in [1.807, 2.05) is 0 Å². The van der Waals surface area contributed by atoms with Gasteiger partial charge in [0.1, 0.15) is 5.82 Å². The first-order valence-corrected chi connectivity index (χ1v) is 7.16. The number of β-amino-alcohol motifs (C(OH)–C–C–N with tert-alkyl or cyclic N) is 1. The molecule has 1 fully saturated rings. The molecule has 1 N–H and O–H groups in total. The van der Waals surface area contributed by atoms with Crippen LogP contribution in [-0.2, 0) is 23.8 Å². The molecule has 2 aliphatic rings. The predicted molar refractivity (Wildman–Crippen MR) is 69.9 cm³/mol. The molecule has 0 saturated carbocycles. The van der Waals surface area contributed by atoms with Crippen LogP contribution in [0.4, 0.5) is 13.2 Å². The number of halogens is 3. The van der Waals surface area contributed by atoms with Crippen LogP contribution in [0.1, 0.15) is 29.2 Å². The molecule has 3 rings (SSSR count). The van der Waals surface area contributed by atoms with Crippen LogP contribution in [0.5, 0.6) is 0 Å². The van der Waals surface area contributed by atoms with Gasteiger partial charge in [-0.2, -0.15) is 13.2 Å². The standard InChI is InChI=1S/C14H16F3N3O2/c1-7-18-11-3-2-8(13(22)20-5-9(21)6-20)4-10(11)12(19-7)14(15,16)17/h8-9,21H,2-6H2,1H3. The summed E-state index contributed by atoms with van der Waals surface area (Å²) in [5.74, 6) is -0.584. The molecule has 1 saturated heterocycles. The maximum absolute atomic E-state index is 13.2. The normalized spacial score (nSPS) is 22.2. The number of aliphatic hydroxyl groups is 1. The third-order valence-electron chi connectivity index (χ3n) is 4.18. The predicted octanol–water partition coefficient (Wildman–Crippen LogP) is 1.11. The summed E-state index contributed by atoms with van der Waals surface area (Å²) in [5.41, 5.74) is -0.479. The molecule has 1 amide bonds. The van der Waals surface area contributed by atoms with E-state index in [-0.39, 0.29) is 36.8 Å². The molecule has 1 aliphatic heterocycles. The SMILES string of the molecule is Cc1nc2c(c(C(F)(F)F)n1)CC(C(=O)N1CC(O)C1)CC2. The molecule has 0 aromatic carbocycles. The van der Waals surface area contributed by atoms with Gasteiger partial charge in [0.05, 0.1) is 6.10 Å². The molecule has 1 aromatic heterocycles. The number of fused-ring (bicyclic) bond motifs is 1. The smallest absolute Gasteiger partial charge is 0.389 e. The molecule has 0 bridgehead atoms. The average molecular weight is 315 g/mol. The fourth-order valence-corrected chi connectivity index (χ4v) is 3.07. The Labute approximate surface area is 125 Å². The summed E-state index contributed by atoms with van der Waals surface area (Å²) in [6.45, 7) is 1.96. The van der Waals surface area contributed by atoms with Crippen molar-refractivity contribution in [1.29, 1.82) is 0 Å². The molecule has 1 atom stereocenters. The van der Waals surface area contributed by atoms with Crippen LogP contribution in [0.3, 0.4) is 0 Å². The van der Waals surface area contributed by atoms with Crippen molar-refractivity contribution in [3.63, 3.8) is 0 Å². The third kappa shape index (κ3) is 2.67. The van der Waals surface area contributed by atoms with E-state index < -0.39 is 23.9 Å². The molecule has 5 nitrogen and oxygen atoms in total. The number of hydrogen-bond donors (Lipinski definition) is 1. The number of carbonyl (C=O) groups excluding carboxylic acids is 1. The van der Waals surface area contributed by atoms with E-state index in [1.54, 1.807) is 0 Å². The number of rotatable bonds is 1. The zero-order chi connectivity index (χ0) is 16.1. The van der Waals surface area contributed by atoms with Gasteiger partial charge in [0.15, 0.2) is 5.69 Å². The quantitative estimate of drug-likeness (QED) is 0.843. The third-order valence-corrected chi connectivity index (χ3v) is 4.18. The summed E-state index contributed by atoms with van der Waals surface area (Å²) in [7, 11) is 0. The second kappa shape index (κ2) is 5.19. The lowest BCUT2D eigenvalue weighted by Crippen LogP contribution is -2.55. The van der Waals surface area contributed by atoms with Crippen LogP contribution in [0, 0.1) is 12.8 Å². The van der Waals surface area contributed by atoms with Gasteiger partial charge in [0, 0.05) is 30.3 Å². The van der Waals surface area contributed by atoms with Crippen molar-refractivity contribution in [2.24, 2.45) is 5.92 Å². The fraction of sp³-hybridized carbons (Fsp3) is 0.643. The maximum Gasteiger partial charge on any atom is 0.433 e. The van der Waals surface area contributed by atoms with E-state index in [1.165, 1.54) is 11.8 Å². The Morgan fingerprint density at radius 2 is 2.00 bits per heavy atom. The first-order valence-electron chi connectivity index (χ1n) is 7.16. The summed E-state index contributed by atoms with van der Waals surface area (Å²) in [5, 5.41) is 9.24. The number of alkyl halides is 3. The lowest BCUT2D eigenvalue weighted by Gasteiger charge is -2.39. The molecule has 0 radical (unpaired) electrons. The molecule has 8 heteroatoms. The minimum Gasteiger partial charge on any atom is -0.389 e. The molecule has 120 valence electrons. The van der Waals surface area contributed by atoms with E-state index in [2.05, 4.69) is 9.97 Å². The van der Waals surface area contributed by atoms with Crippen molar-refractivity contribution < 1.29 is 23.1 Å². The number of aromatic nitrogens is 2. The highest BCUT2D eigenvalue weighted by Gasteiger charge is 2.41. The van der Waals surface area contributed by atoms with Gasteiger partial charge in [0.25, 0.3) is 0 Å². The van der Waals surface area contributed by atoms with E-state index in [9.17, 15) is 23.1 Å². The molecular formula is C14H16F3N3O2. The highest BCUT2D eigenvalue weighted by atomic mass is 19.4. The van der Waals surface area contributed by atoms with E-state index >= 15 is 0 Å². The Kier molecular flexibility index (Phi) is 3.58. The maximum atomic E-state index is 13.2. The van der Waals surface area contributed by atoms with Gasteiger partial charge in [-0.1, -0.05) is 0 Å². The Hall–Kier alpha value is -1.70. The second-order valence-electron chi connectivity index (χ2n) is 5.88. The van der Waals surface area contributed by atoms with Gasteiger partial charge in [-0.05, 0) is 26.2 Å². The van der Waals surface area contributed by atoms with Crippen molar-refractivity contribution in [2.75, 3.05) is 13.1 Å². The van der Waals surface area contributed by atoms with Crippen molar-refractivity contribution in [1.82, 2.24) is 14.9 Å². The lowest BCUT2D eigenvalue weighted by atomic mass is 9.84. The minimum atomic E-state index is -4.55. The van der Waals surface area contributed by atoms with Crippen molar-refractivity contribution >= 4 is 5.91 Å². The van der Waals surface area contributed by atoms with Crippen molar-refractivity contribution in [2.45, 2.75) is 38.5 Å². The number of carbonyl (C=O) groups is 1. The van der Waals surface area contributed by atoms with Crippen LogP contribution in [-0.4, -0.2) is 45.1 Å². The molecule has 2 heterocycles. The number of hydrogen-bond acceptors (Lipinski definition) is 4. The second-order valence-corrected chi connectivity index (χ2v) is 5.88. The van der Waals surface area contributed by atoms with Gasteiger partial charge in [-0.3, -0.25) is 4.79 Å². The van der Waals surface area contributed by atoms with Crippen LogP contribution in [0.25, 0.3) is 0 Å². The number of aliphatic hydroxyl groups excluding tert-OH is 1. The number of aryl methyl sites for hydroxylation is 2. The first-order chi connectivity index (χ1) is 10.3. The van der Waals surface area contributed by atoms with Crippen LogP contribution >= 0.6 is 0 Å². The summed E-state index contributed by atoms with van der Waals surface area (Å²) in [4.78, 5) is 21.4. The Balaban J connectivity index is 1.87. The van der Waals surface area contributed by atoms with E-state index in [0.29, 0.717) is 18.5 Å². The van der Waals surface area contributed by atoms with Crippen LogP contribution in [0.15, 0.2) is 0 Å². The minimum absolute atomic E-state index is 0.00981. The monoisotopic (exact) mass is 315 g/mol. The van der Waals surface area contributed by atoms with Gasteiger partial charge >= 0.3 is 6.18 Å². The average Bonchev–Trinajstić information content (AvgIpc) is 2.40. The zero-order valence-corrected chi connectivity index (χ0v) is 12.0. The van der Waals surface area contributed by atoms with Crippen LogP contribution < -0.4 is 0 Å². The highest BCUT2D eigenvalue weighted by Crippen LogP contribution is 2.36. The fourth-order valence-electron chi connectivity index (χ4n) is 3.07. The molecular weight excluding hydrogens is 299 g/mol. The summed E-state index contributed by atoms with van der Waals surface area (Å²) in [6, 6.07) is 0. The zero-order valence-electron chi connectivity index (χ0n) is 12.0. The first kappa shape index (κ1) is 15.2. The van der Waals surface area contributed by atoms with Crippen LogP contribution in [0.2, 0.25) is 0 Å².